The molecule has 1 nitrogen and oxygen atoms in total. The van der Waals surface area contributed by atoms with Gasteiger partial charge in [0.1, 0.15) is 0 Å². The van der Waals surface area contributed by atoms with Crippen molar-refractivity contribution in [1.29, 1.82) is 0 Å². The molecule has 1 heterocycles. The average molecular weight is 270 g/mol. The van der Waals surface area contributed by atoms with E-state index in [0.717, 1.165) is 11.3 Å². The lowest BCUT2D eigenvalue weighted by Crippen LogP contribution is -2.00. The first kappa shape index (κ1) is 12.6. The van der Waals surface area contributed by atoms with Crippen LogP contribution in [-0.2, 0) is 0 Å². The first-order valence-electron chi connectivity index (χ1n) is 6.84. The number of thiophene rings is 1. The fourth-order valence-corrected chi connectivity index (χ4v) is 3.31. The van der Waals surface area contributed by atoms with E-state index in [1.54, 1.807) is 11.3 Å². The zero-order valence-electron chi connectivity index (χ0n) is 11.3. The first-order valence-corrected chi connectivity index (χ1v) is 7.72. The molecule has 2 heteroatoms. The van der Waals surface area contributed by atoms with Crippen LogP contribution in [0.4, 0.5) is 0 Å². The fourth-order valence-electron chi connectivity index (χ4n) is 2.58. The molecule has 1 aliphatic rings. The molecule has 0 amide bonds. The zero-order valence-corrected chi connectivity index (χ0v) is 12.1. The van der Waals surface area contributed by atoms with Crippen molar-refractivity contribution in [3.63, 3.8) is 0 Å². The minimum absolute atomic E-state index is 0.212. The maximum absolute atomic E-state index is 12.2. The summed E-state index contributed by atoms with van der Waals surface area (Å²) in [5.74, 6) is 1.55. The van der Waals surface area contributed by atoms with Gasteiger partial charge in [-0.25, -0.2) is 0 Å². The van der Waals surface area contributed by atoms with Crippen molar-refractivity contribution >= 4 is 17.1 Å². The van der Waals surface area contributed by atoms with E-state index in [0.29, 0.717) is 17.6 Å². The maximum Gasteiger partial charge on any atom is 0.176 e. The number of carbonyl (C=O) groups is 1. The molecule has 0 spiro atoms. The summed E-state index contributed by atoms with van der Waals surface area (Å²) in [6, 6.07) is 12.7. The first-order chi connectivity index (χ1) is 9.16. The van der Waals surface area contributed by atoms with Gasteiger partial charge in [-0.05, 0) is 40.8 Å². The molecular weight excluding hydrogens is 252 g/mol. The summed E-state index contributed by atoms with van der Waals surface area (Å²) in [6.07, 6.45) is 1.01. The third kappa shape index (κ3) is 2.50. The summed E-state index contributed by atoms with van der Waals surface area (Å²) in [7, 11) is 0. The largest absolute Gasteiger partial charge is 0.293 e. The summed E-state index contributed by atoms with van der Waals surface area (Å²) < 4.78 is 0. The highest BCUT2D eigenvalue weighted by Gasteiger charge is 2.44. The third-order valence-electron chi connectivity index (χ3n) is 3.92. The standard InChI is InChI=1S/C17H18OS/c1-11(2)12-5-7-13(8-6-12)14-10-15(14)17(18)16-4-3-9-19-16/h3-9,11,14-15H,10H2,1-2H3. The quantitative estimate of drug-likeness (QED) is 0.725. The summed E-state index contributed by atoms with van der Waals surface area (Å²) >= 11 is 1.55. The smallest absolute Gasteiger partial charge is 0.176 e. The lowest BCUT2D eigenvalue weighted by Gasteiger charge is -2.06. The van der Waals surface area contributed by atoms with Crippen molar-refractivity contribution in [2.24, 2.45) is 5.92 Å². The molecule has 1 aromatic carbocycles. The molecule has 0 bridgehead atoms. The van der Waals surface area contributed by atoms with E-state index in [1.807, 2.05) is 17.5 Å². The van der Waals surface area contributed by atoms with E-state index in [4.69, 9.17) is 0 Å². The summed E-state index contributed by atoms with van der Waals surface area (Å²) in [4.78, 5) is 13.1. The van der Waals surface area contributed by atoms with Gasteiger partial charge in [0.15, 0.2) is 5.78 Å². The maximum atomic E-state index is 12.2. The Hall–Kier alpha value is -1.41. The van der Waals surface area contributed by atoms with Gasteiger partial charge in [0.2, 0.25) is 0 Å². The number of Topliss-reactive ketones (excluding diaryl/α,β-unsaturated/α-hetero) is 1. The van der Waals surface area contributed by atoms with Crippen LogP contribution in [0, 0.1) is 5.92 Å². The van der Waals surface area contributed by atoms with Gasteiger partial charge in [0, 0.05) is 5.92 Å². The van der Waals surface area contributed by atoms with Gasteiger partial charge in [-0.15, -0.1) is 11.3 Å². The predicted octanol–water partition coefficient (Wildman–Crippen LogP) is 4.86. The number of rotatable bonds is 4. The molecule has 19 heavy (non-hydrogen) atoms. The number of carbonyl (C=O) groups excluding carboxylic acids is 1. The van der Waals surface area contributed by atoms with Crippen LogP contribution in [0.15, 0.2) is 41.8 Å². The van der Waals surface area contributed by atoms with Gasteiger partial charge >= 0.3 is 0 Å². The van der Waals surface area contributed by atoms with E-state index in [1.165, 1.54) is 11.1 Å². The number of benzene rings is 1. The van der Waals surface area contributed by atoms with Crippen LogP contribution < -0.4 is 0 Å². The van der Waals surface area contributed by atoms with Crippen LogP contribution in [0.25, 0.3) is 0 Å². The molecule has 1 aromatic heterocycles. The second kappa shape index (κ2) is 4.93. The normalized spacial score (nSPS) is 21.6. The summed E-state index contributed by atoms with van der Waals surface area (Å²) in [5.41, 5.74) is 2.69. The van der Waals surface area contributed by atoms with E-state index in [-0.39, 0.29) is 5.92 Å². The highest BCUT2D eigenvalue weighted by atomic mass is 32.1. The molecule has 2 atom stereocenters. The van der Waals surface area contributed by atoms with E-state index in [2.05, 4.69) is 38.1 Å². The second-order valence-electron chi connectivity index (χ2n) is 5.61. The topological polar surface area (TPSA) is 17.1 Å². The lowest BCUT2D eigenvalue weighted by atomic mass is 9.99. The Morgan fingerprint density at radius 2 is 1.95 bits per heavy atom. The Kier molecular flexibility index (Phi) is 3.28. The van der Waals surface area contributed by atoms with Gasteiger partial charge in [-0.1, -0.05) is 44.2 Å². The molecule has 2 unspecified atom stereocenters. The predicted molar refractivity (Wildman–Crippen MR) is 80.0 cm³/mol. The molecule has 1 aliphatic carbocycles. The van der Waals surface area contributed by atoms with Gasteiger partial charge in [-0.2, -0.15) is 0 Å². The third-order valence-corrected chi connectivity index (χ3v) is 4.81. The van der Waals surface area contributed by atoms with Crippen LogP contribution in [0.5, 0.6) is 0 Å². The molecule has 0 radical (unpaired) electrons. The molecule has 98 valence electrons. The minimum atomic E-state index is 0.212. The molecule has 3 rings (SSSR count). The Morgan fingerprint density at radius 3 is 2.53 bits per heavy atom. The van der Waals surface area contributed by atoms with Gasteiger partial charge in [0.05, 0.1) is 4.88 Å². The Morgan fingerprint density at radius 1 is 1.21 bits per heavy atom. The van der Waals surface area contributed by atoms with Crippen LogP contribution in [-0.4, -0.2) is 5.78 Å². The lowest BCUT2D eigenvalue weighted by molar-refractivity contribution is 0.0969. The molecular formula is C17H18OS. The van der Waals surface area contributed by atoms with Gasteiger partial charge < -0.3 is 0 Å². The Balaban J connectivity index is 1.71. The summed E-state index contributed by atoms with van der Waals surface area (Å²) in [6.45, 7) is 4.41. The van der Waals surface area contributed by atoms with Crippen LogP contribution >= 0.6 is 11.3 Å². The van der Waals surface area contributed by atoms with Crippen molar-refractivity contribution in [3.05, 3.63) is 57.8 Å². The molecule has 2 aromatic rings. The van der Waals surface area contributed by atoms with Crippen molar-refractivity contribution in [2.45, 2.75) is 32.1 Å². The van der Waals surface area contributed by atoms with Crippen LogP contribution in [0.3, 0.4) is 0 Å². The minimum Gasteiger partial charge on any atom is -0.293 e. The number of ketones is 1. The molecule has 1 fully saturated rings. The van der Waals surface area contributed by atoms with E-state index < -0.39 is 0 Å². The average Bonchev–Trinajstić information content (AvgIpc) is 3.03. The van der Waals surface area contributed by atoms with Crippen molar-refractivity contribution in [2.75, 3.05) is 0 Å². The van der Waals surface area contributed by atoms with Crippen molar-refractivity contribution in [3.8, 4) is 0 Å². The van der Waals surface area contributed by atoms with E-state index >= 15 is 0 Å². The highest BCUT2D eigenvalue weighted by molar-refractivity contribution is 7.12. The Labute approximate surface area is 118 Å². The molecule has 0 aliphatic heterocycles. The zero-order chi connectivity index (χ0) is 13.4. The fraction of sp³-hybridized carbons (Fsp3) is 0.353. The van der Waals surface area contributed by atoms with Crippen molar-refractivity contribution in [1.82, 2.24) is 0 Å². The molecule has 1 saturated carbocycles. The van der Waals surface area contributed by atoms with E-state index in [9.17, 15) is 4.79 Å². The van der Waals surface area contributed by atoms with Crippen LogP contribution in [0.1, 0.15) is 52.9 Å². The SMILES string of the molecule is CC(C)c1ccc(C2CC2C(=O)c2cccs2)cc1. The summed E-state index contributed by atoms with van der Waals surface area (Å²) in [5, 5.41) is 1.97. The van der Waals surface area contributed by atoms with Gasteiger partial charge in [-0.3, -0.25) is 4.79 Å². The monoisotopic (exact) mass is 270 g/mol. The highest BCUT2D eigenvalue weighted by Crippen LogP contribution is 2.49. The second-order valence-corrected chi connectivity index (χ2v) is 6.56. The Bertz CT molecular complexity index is 566. The van der Waals surface area contributed by atoms with Gasteiger partial charge in [0.25, 0.3) is 0 Å². The van der Waals surface area contributed by atoms with Crippen LogP contribution in [0.2, 0.25) is 0 Å². The number of hydrogen-bond donors (Lipinski definition) is 0. The molecule has 0 N–H and O–H groups in total. The number of hydrogen-bond acceptors (Lipinski definition) is 2. The molecule has 0 saturated heterocycles. The van der Waals surface area contributed by atoms with Crippen molar-refractivity contribution < 1.29 is 4.79 Å².